The Kier molecular flexibility index (Phi) is 8.79. The molecular weight excluding hydrogens is 240 g/mol. The quantitative estimate of drug-likeness (QED) is 0.571. The van der Waals surface area contributed by atoms with Gasteiger partial charge >= 0.3 is 0 Å². The normalized spacial score (nSPS) is 13.1. The van der Waals surface area contributed by atoms with E-state index in [0.717, 1.165) is 0 Å². The largest absolute Gasteiger partial charge is 0.326 e. The summed E-state index contributed by atoms with van der Waals surface area (Å²) >= 11 is 0. The lowest BCUT2D eigenvalue weighted by molar-refractivity contribution is -0.128. The molecule has 0 aromatic carbocycles. The van der Waals surface area contributed by atoms with Crippen molar-refractivity contribution >= 4 is 11.8 Å². The van der Waals surface area contributed by atoms with Crippen molar-refractivity contribution in [1.82, 2.24) is 10.6 Å². The predicted molar refractivity (Wildman–Crippen MR) is 78.0 cm³/mol. The van der Waals surface area contributed by atoms with E-state index in [0.29, 0.717) is 11.4 Å². The van der Waals surface area contributed by atoms with Crippen LogP contribution in [0.4, 0.5) is 0 Å². The van der Waals surface area contributed by atoms with Gasteiger partial charge in [0.05, 0.1) is 0 Å². The lowest BCUT2D eigenvalue weighted by atomic mass is 10.3. The Labute approximate surface area is 115 Å². The molecule has 0 unspecified atom stereocenters. The number of carbonyl (C=O) groups is 2. The van der Waals surface area contributed by atoms with Crippen molar-refractivity contribution in [2.45, 2.75) is 34.1 Å². The Morgan fingerprint density at radius 3 is 1.42 bits per heavy atom. The molecule has 19 heavy (non-hydrogen) atoms. The summed E-state index contributed by atoms with van der Waals surface area (Å²) in [6.45, 7) is 7.36. The van der Waals surface area contributed by atoms with Crippen LogP contribution in [0, 0.1) is 0 Å². The lowest BCUT2D eigenvalue weighted by Crippen LogP contribution is -2.30. The maximum atomic E-state index is 11.6. The van der Waals surface area contributed by atoms with Crippen molar-refractivity contribution in [3.63, 3.8) is 0 Å². The Morgan fingerprint density at radius 1 is 0.789 bits per heavy atom. The fraction of sp³-hybridized carbons (Fsp3) is 0.333. The topological polar surface area (TPSA) is 58.2 Å². The molecule has 4 nitrogen and oxygen atoms in total. The third-order valence-corrected chi connectivity index (χ3v) is 2.20. The highest BCUT2D eigenvalue weighted by molar-refractivity contribution is 5.98. The Balaban J connectivity index is 4.38. The number of hydrogen-bond acceptors (Lipinski definition) is 2. The Morgan fingerprint density at radius 2 is 1.16 bits per heavy atom. The minimum atomic E-state index is -0.334. The maximum absolute atomic E-state index is 11.6. The lowest BCUT2D eigenvalue weighted by Gasteiger charge is -2.07. The number of rotatable bonds is 6. The van der Waals surface area contributed by atoms with Gasteiger partial charge in [0.25, 0.3) is 0 Å². The van der Waals surface area contributed by atoms with Gasteiger partial charge in [-0.25, -0.2) is 0 Å². The molecule has 2 amide bonds. The van der Waals surface area contributed by atoms with E-state index in [-0.39, 0.29) is 18.2 Å². The summed E-state index contributed by atoms with van der Waals surface area (Å²) in [6, 6.07) is 0. The van der Waals surface area contributed by atoms with Gasteiger partial charge in [0.1, 0.15) is 6.42 Å². The van der Waals surface area contributed by atoms with Crippen molar-refractivity contribution < 1.29 is 9.59 Å². The number of allylic oxidation sites excluding steroid dienone is 6. The third kappa shape index (κ3) is 7.76. The summed E-state index contributed by atoms with van der Waals surface area (Å²) in [7, 11) is 0. The van der Waals surface area contributed by atoms with Gasteiger partial charge in [0.2, 0.25) is 11.8 Å². The van der Waals surface area contributed by atoms with Crippen LogP contribution in [0.25, 0.3) is 0 Å². The van der Waals surface area contributed by atoms with Crippen molar-refractivity contribution in [2.24, 2.45) is 0 Å². The number of carbonyl (C=O) groups excluding carboxylic acids is 2. The fourth-order valence-electron chi connectivity index (χ4n) is 1.34. The summed E-state index contributed by atoms with van der Waals surface area (Å²) in [5.74, 6) is -0.667. The van der Waals surface area contributed by atoms with E-state index in [9.17, 15) is 9.59 Å². The highest BCUT2D eigenvalue weighted by Gasteiger charge is 2.09. The molecule has 0 atom stereocenters. The predicted octanol–water partition coefficient (Wildman–Crippen LogP) is 2.57. The van der Waals surface area contributed by atoms with Crippen molar-refractivity contribution in [3.05, 3.63) is 47.9 Å². The summed E-state index contributed by atoms with van der Waals surface area (Å²) in [5, 5.41) is 5.32. The van der Waals surface area contributed by atoms with Crippen LogP contribution in [0.5, 0.6) is 0 Å². The molecule has 0 bridgehead atoms. The SMILES string of the molecule is C/C=C\C(=C/C)NC(=O)CC(=O)NC(/C=C\C)=C/C. The molecule has 0 spiro atoms. The number of amides is 2. The third-order valence-electron chi connectivity index (χ3n) is 2.20. The van der Waals surface area contributed by atoms with Gasteiger partial charge in [-0.1, -0.05) is 24.3 Å². The van der Waals surface area contributed by atoms with E-state index < -0.39 is 0 Å². The van der Waals surface area contributed by atoms with Crippen LogP contribution in [0.2, 0.25) is 0 Å². The fourth-order valence-corrected chi connectivity index (χ4v) is 1.34. The molecule has 0 aromatic rings. The number of nitrogens with one attached hydrogen (secondary N) is 2. The van der Waals surface area contributed by atoms with E-state index in [1.165, 1.54) is 0 Å². The minimum absolute atomic E-state index is 0.205. The minimum Gasteiger partial charge on any atom is -0.326 e. The van der Waals surface area contributed by atoms with Crippen molar-refractivity contribution in [2.75, 3.05) is 0 Å². The molecule has 0 saturated heterocycles. The first-order chi connectivity index (χ1) is 9.07. The highest BCUT2D eigenvalue weighted by atomic mass is 16.2. The van der Waals surface area contributed by atoms with Crippen LogP contribution in [-0.2, 0) is 9.59 Å². The zero-order valence-corrected chi connectivity index (χ0v) is 12.0. The van der Waals surface area contributed by atoms with Gasteiger partial charge in [0, 0.05) is 11.4 Å². The van der Waals surface area contributed by atoms with Crippen LogP contribution in [0.15, 0.2) is 47.9 Å². The molecule has 0 radical (unpaired) electrons. The monoisotopic (exact) mass is 262 g/mol. The second-order valence-corrected chi connectivity index (χ2v) is 3.76. The van der Waals surface area contributed by atoms with E-state index in [1.807, 2.05) is 39.8 Å². The van der Waals surface area contributed by atoms with Gasteiger partial charge < -0.3 is 10.6 Å². The van der Waals surface area contributed by atoms with E-state index in [4.69, 9.17) is 0 Å². The smallest absolute Gasteiger partial charge is 0.233 e. The first kappa shape index (κ1) is 16.9. The molecule has 0 heterocycles. The van der Waals surface area contributed by atoms with Gasteiger partial charge in [-0.15, -0.1) is 0 Å². The summed E-state index contributed by atoms with van der Waals surface area (Å²) < 4.78 is 0. The molecule has 0 aliphatic heterocycles. The molecule has 0 rings (SSSR count). The van der Waals surface area contributed by atoms with E-state index >= 15 is 0 Å². The van der Waals surface area contributed by atoms with Gasteiger partial charge in [0.15, 0.2) is 0 Å². The van der Waals surface area contributed by atoms with Crippen LogP contribution < -0.4 is 10.6 Å². The zero-order valence-electron chi connectivity index (χ0n) is 12.0. The zero-order chi connectivity index (χ0) is 14.7. The van der Waals surface area contributed by atoms with E-state index in [1.54, 1.807) is 24.3 Å². The summed E-state index contributed by atoms with van der Waals surface area (Å²) in [4.78, 5) is 23.3. The van der Waals surface area contributed by atoms with Crippen LogP contribution in [0.1, 0.15) is 34.1 Å². The van der Waals surface area contributed by atoms with Crippen LogP contribution in [0.3, 0.4) is 0 Å². The summed E-state index contributed by atoms with van der Waals surface area (Å²) in [5.41, 5.74) is 1.36. The Hall–Kier alpha value is -2.10. The molecule has 0 aliphatic rings. The first-order valence-electron chi connectivity index (χ1n) is 6.25. The average Bonchev–Trinajstić information content (AvgIpc) is 2.37. The van der Waals surface area contributed by atoms with Gasteiger partial charge in [-0.05, 0) is 39.8 Å². The van der Waals surface area contributed by atoms with Crippen molar-refractivity contribution in [3.8, 4) is 0 Å². The van der Waals surface area contributed by atoms with Crippen LogP contribution in [-0.4, -0.2) is 11.8 Å². The van der Waals surface area contributed by atoms with Gasteiger partial charge in [-0.2, -0.15) is 0 Å². The molecule has 0 aromatic heterocycles. The Bertz CT molecular complexity index is 389. The average molecular weight is 262 g/mol. The highest BCUT2D eigenvalue weighted by Crippen LogP contribution is 1.96. The molecule has 2 N–H and O–H groups in total. The molecule has 0 aliphatic carbocycles. The first-order valence-corrected chi connectivity index (χ1v) is 6.25. The molecular formula is C15H22N2O2. The molecule has 4 heteroatoms. The van der Waals surface area contributed by atoms with E-state index in [2.05, 4.69) is 10.6 Å². The van der Waals surface area contributed by atoms with Gasteiger partial charge in [-0.3, -0.25) is 9.59 Å². The molecule has 104 valence electrons. The second-order valence-electron chi connectivity index (χ2n) is 3.76. The molecule has 0 saturated carbocycles. The standard InChI is InChI=1S/C15H22N2O2/c1-5-9-12(7-3)16-14(18)11-15(19)17-13(8-4)10-6-2/h5-10H,11H2,1-4H3,(H,16,18)(H,17,19)/b9-5-,10-6-,12-7+,13-8+. The molecule has 0 fully saturated rings. The van der Waals surface area contributed by atoms with Crippen LogP contribution >= 0.6 is 0 Å². The second kappa shape index (κ2) is 9.88. The maximum Gasteiger partial charge on any atom is 0.233 e. The van der Waals surface area contributed by atoms with Crippen molar-refractivity contribution in [1.29, 1.82) is 0 Å². The number of hydrogen-bond donors (Lipinski definition) is 2. The summed E-state index contributed by atoms with van der Waals surface area (Å²) in [6.07, 6.45) is 10.5.